The van der Waals surface area contributed by atoms with Gasteiger partial charge in [-0.05, 0) is 18.7 Å². The molecule has 0 saturated carbocycles. The summed E-state index contributed by atoms with van der Waals surface area (Å²) < 4.78 is 24.7. The first-order valence-corrected chi connectivity index (χ1v) is 7.44. The third-order valence-corrected chi connectivity index (χ3v) is 4.21. The molecule has 0 bridgehead atoms. The highest BCUT2D eigenvalue weighted by molar-refractivity contribution is 7.89. The monoisotopic (exact) mass is 267 g/mol. The number of fused-ring (bicyclic) bond motifs is 1. The second-order valence-corrected chi connectivity index (χ2v) is 6.11. The lowest BCUT2D eigenvalue weighted by Gasteiger charge is -2.04. The summed E-state index contributed by atoms with van der Waals surface area (Å²) in [4.78, 5) is 3.19. The van der Waals surface area contributed by atoms with Crippen LogP contribution in [0.4, 0.5) is 0 Å². The lowest BCUT2D eigenvalue weighted by atomic mass is 10.2. The lowest BCUT2D eigenvalue weighted by Crippen LogP contribution is -2.29. The Morgan fingerprint density at radius 3 is 2.83 bits per heavy atom. The maximum absolute atomic E-state index is 11.2. The number of para-hydroxylation sites is 1. The van der Waals surface area contributed by atoms with Crippen LogP contribution in [-0.4, -0.2) is 32.7 Å². The van der Waals surface area contributed by atoms with E-state index in [1.165, 1.54) is 12.4 Å². The van der Waals surface area contributed by atoms with Crippen molar-refractivity contribution >= 4 is 20.9 Å². The van der Waals surface area contributed by atoms with Gasteiger partial charge in [-0.15, -0.1) is 0 Å². The molecule has 0 radical (unpaired) electrons. The summed E-state index contributed by atoms with van der Waals surface area (Å²) in [5.41, 5.74) is 2.24. The first kappa shape index (κ1) is 13.1. The molecule has 1 aromatic heterocycles. The molecule has 3 N–H and O–H groups in total. The topological polar surface area (TPSA) is 74.0 Å². The van der Waals surface area contributed by atoms with Crippen molar-refractivity contribution in [3.63, 3.8) is 0 Å². The van der Waals surface area contributed by atoms with E-state index >= 15 is 0 Å². The number of benzene rings is 1. The highest BCUT2D eigenvalue weighted by atomic mass is 32.2. The van der Waals surface area contributed by atoms with Crippen LogP contribution in [0.5, 0.6) is 0 Å². The molecule has 1 aromatic carbocycles. The molecule has 0 aliphatic carbocycles. The molecule has 0 amide bonds. The average molecular weight is 267 g/mol. The molecule has 0 aliphatic heterocycles. The second-order valence-electron chi connectivity index (χ2n) is 4.06. The van der Waals surface area contributed by atoms with Crippen molar-refractivity contribution in [2.24, 2.45) is 0 Å². The fraction of sp³-hybridized carbons (Fsp3) is 0.333. The van der Waals surface area contributed by atoms with Crippen LogP contribution in [-0.2, 0) is 16.6 Å². The molecule has 1 heterocycles. The predicted molar refractivity (Wildman–Crippen MR) is 72.9 cm³/mol. The molecule has 0 atom stereocenters. The molecular weight excluding hydrogens is 250 g/mol. The van der Waals surface area contributed by atoms with Crippen LogP contribution in [0.1, 0.15) is 5.56 Å². The number of hydrogen-bond acceptors (Lipinski definition) is 3. The normalized spacial score (nSPS) is 12.1. The lowest BCUT2D eigenvalue weighted by molar-refractivity contribution is 0.583. The Balaban J connectivity index is 1.91. The summed E-state index contributed by atoms with van der Waals surface area (Å²) >= 11 is 0. The molecule has 18 heavy (non-hydrogen) atoms. The van der Waals surface area contributed by atoms with Crippen molar-refractivity contribution in [2.75, 3.05) is 19.3 Å². The number of aromatic amines is 1. The largest absolute Gasteiger partial charge is 0.361 e. The molecule has 6 heteroatoms. The van der Waals surface area contributed by atoms with Gasteiger partial charge in [-0.3, -0.25) is 0 Å². The number of rotatable bonds is 6. The van der Waals surface area contributed by atoms with Crippen LogP contribution in [0.25, 0.3) is 10.9 Å². The van der Waals surface area contributed by atoms with Crippen molar-refractivity contribution in [1.29, 1.82) is 0 Å². The first-order valence-electron chi connectivity index (χ1n) is 5.79. The zero-order valence-electron chi connectivity index (χ0n) is 10.2. The van der Waals surface area contributed by atoms with E-state index in [4.69, 9.17) is 0 Å². The Labute approximate surface area is 107 Å². The van der Waals surface area contributed by atoms with Crippen molar-refractivity contribution < 1.29 is 8.42 Å². The van der Waals surface area contributed by atoms with Gasteiger partial charge in [-0.2, -0.15) is 0 Å². The molecule has 2 aromatic rings. The van der Waals surface area contributed by atoms with E-state index in [1.54, 1.807) is 0 Å². The molecule has 2 rings (SSSR count). The van der Waals surface area contributed by atoms with Crippen molar-refractivity contribution in [3.05, 3.63) is 36.0 Å². The molecule has 0 unspecified atom stereocenters. The maximum Gasteiger partial charge on any atom is 0.212 e. The Morgan fingerprint density at radius 1 is 1.28 bits per heavy atom. The van der Waals surface area contributed by atoms with Gasteiger partial charge in [0.05, 0.1) is 5.75 Å². The zero-order chi connectivity index (χ0) is 13.0. The Morgan fingerprint density at radius 2 is 2.06 bits per heavy atom. The van der Waals surface area contributed by atoms with E-state index in [-0.39, 0.29) is 5.75 Å². The smallest absolute Gasteiger partial charge is 0.212 e. The van der Waals surface area contributed by atoms with Gasteiger partial charge in [0, 0.05) is 30.2 Å². The van der Waals surface area contributed by atoms with Crippen LogP contribution >= 0.6 is 0 Å². The molecule has 98 valence electrons. The van der Waals surface area contributed by atoms with Gasteiger partial charge in [-0.1, -0.05) is 18.2 Å². The number of aromatic nitrogens is 1. The summed E-state index contributed by atoms with van der Waals surface area (Å²) in [6.07, 6.45) is 1.95. The molecule has 0 fully saturated rings. The highest BCUT2D eigenvalue weighted by Crippen LogP contribution is 2.16. The van der Waals surface area contributed by atoms with Crippen LogP contribution in [0.15, 0.2) is 30.5 Å². The van der Waals surface area contributed by atoms with Crippen LogP contribution in [0.3, 0.4) is 0 Å². The summed E-state index contributed by atoms with van der Waals surface area (Å²) in [6, 6.07) is 8.04. The number of nitrogens with one attached hydrogen (secondary N) is 3. The maximum atomic E-state index is 11.2. The molecular formula is C12H17N3O2S. The predicted octanol–water partition coefficient (Wildman–Crippen LogP) is 0.807. The summed E-state index contributed by atoms with van der Waals surface area (Å²) in [7, 11) is -1.70. The Bertz CT molecular complexity index is 619. The van der Waals surface area contributed by atoms with E-state index in [1.807, 2.05) is 30.5 Å². The van der Waals surface area contributed by atoms with Gasteiger partial charge >= 0.3 is 0 Å². The van der Waals surface area contributed by atoms with Gasteiger partial charge in [0.1, 0.15) is 0 Å². The van der Waals surface area contributed by atoms with E-state index < -0.39 is 10.0 Å². The highest BCUT2D eigenvalue weighted by Gasteiger charge is 2.06. The Hall–Kier alpha value is -1.37. The SMILES string of the molecule is CNS(=O)(=O)CCNCc1c[nH]c2ccccc12. The molecule has 0 spiro atoms. The first-order chi connectivity index (χ1) is 8.62. The molecule has 5 nitrogen and oxygen atoms in total. The average Bonchev–Trinajstić information content (AvgIpc) is 2.78. The van der Waals surface area contributed by atoms with Crippen molar-refractivity contribution in [1.82, 2.24) is 15.0 Å². The van der Waals surface area contributed by atoms with Gasteiger partial charge in [0.2, 0.25) is 10.0 Å². The fourth-order valence-electron chi connectivity index (χ4n) is 1.81. The number of H-pyrrole nitrogens is 1. The fourth-order valence-corrected chi connectivity index (χ4v) is 2.43. The minimum atomic E-state index is -3.12. The van der Waals surface area contributed by atoms with Gasteiger partial charge in [0.25, 0.3) is 0 Å². The van der Waals surface area contributed by atoms with Crippen LogP contribution in [0, 0.1) is 0 Å². The van der Waals surface area contributed by atoms with Gasteiger partial charge in [-0.25, -0.2) is 13.1 Å². The van der Waals surface area contributed by atoms with E-state index in [2.05, 4.69) is 15.0 Å². The number of sulfonamides is 1. The Kier molecular flexibility index (Phi) is 4.00. The summed E-state index contributed by atoms with van der Waals surface area (Å²) in [5, 5.41) is 4.30. The van der Waals surface area contributed by atoms with Gasteiger partial charge < -0.3 is 10.3 Å². The molecule has 0 saturated heterocycles. The third-order valence-electron chi connectivity index (χ3n) is 2.85. The quantitative estimate of drug-likeness (QED) is 0.678. The standard InChI is InChI=1S/C12H17N3O2S/c1-13-18(16,17)7-6-14-8-10-9-15-12-5-3-2-4-11(10)12/h2-5,9,13-15H,6-8H2,1H3. The molecule has 0 aliphatic rings. The zero-order valence-corrected chi connectivity index (χ0v) is 11.0. The van der Waals surface area contributed by atoms with Crippen LogP contribution < -0.4 is 10.0 Å². The van der Waals surface area contributed by atoms with E-state index in [0.717, 1.165) is 11.1 Å². The second kappa shape index (κ2) is 5.51. The van der Waals surface area contributed by atoms with Crippen molar-refractivity contribution in [3.8, 4) is 0 Å². The van der Waals surface area contributed by atoms with E-state index in [9.17, 15) is 8.42 Å². The van der Waals surface area contributed by atoms with Crippen LogP contribution in [0.2, 0.25) is 0 Å². The minimum absolute atomic E-state index is 0.0891. The third kappa shape index (κ3) is 3.10. The summed E-state index contributed by atoms with van der Waals surface area (Å²) in [5.74, 6) is 0.0891. The van der Waals surface area contributed by atoms with Gasteiger partial charge in [0.15, 0.2) is 0 Å². The van der Waals surface area contributed by atoms with E-state index in [0.29, 0.717) is 13.1 Å². The number of hydrogen-bond donors (Lipinski definition) is 3. The summed E-state index contributed by atoms with van der Waals surface area (Å²) in [6.45, 7) is 1.09. The van der Waals surface area contributed by atoms with Crippen molar-refractivity contribution in [2.45, 2.75) is 6.54 Å². The minimum Gasteiger partial charge on any atom is -0.361 e.